The standard InChI is InChI=1S/C18H27NO2S/c1-14(15-8-6-5-7-9-15)19-22(20,21)17-12-10-16(11-13-17)18(2,3)4/h10-13,15H,5-9H2,1-4H3. The monoisotopic (exact) mass is 321 g/mol. The molecule has 22 heavy (non-hydrogen) atoms. The highest BCUT2D eigenvalue weighted by Crippen LogP contribution is 2.27. The first-order valence-corrected chi connectivity index (χ1v) is 9.56. The first kappa shape index (κ1) is 17.2. The Bertz CT molecular complexity index is 631. The summed E-state index contributed by atoms with van der Waals surface area (Å²) >= 11 is 0. The van der Waals surface area contributed by atoms with E-state index >= 15 is 0 Å². The SMILES string of the molecule is CC(=NS(=O)(=O)c1ccc(C(C)(C)C)cc1)C1CCCCC1. The molecule has 1 aromatic carbocycles. The number of sulfonamides is 1. The Morgan fingerprint density at radius 3 is 2.09 bits per heavy atom. The molecule has 1 saturated carbocycles. The topological polar surface area (TPSA) is 46.5 Å². The Balaban J connectivity index is 2.22. The lowest BCUT2D eigenvalue weighted by molar-refractivity contribution is 0.438. The van der Waals surface area contributed by atoms with Crippen LogP contribution in [0, 0.1) is 5.92 Å². The van der Waals surface area contributed by atoms with Gasteiger partial charge in [-0.3, -0.25) is 0 Å². The van der Waals surface area contributed by atoms with Crippen LogP contribution in [0.1, 0.15) is 65.4 Å². The minimum Gasteiger partial charge on any atom is -0.199 e. The maximum absolute atomic E-state index is 12.5. The Hall–Kier alpha value is -1.16. The van der Waals surface area contributed by atoms with Crippen LogP contribution in [0.5, 0.6) is 0 Å². The molecule has 4 heteroatoms. The van der Waals surface area contributed by atoms with E-state index in [1.165, 1.54) is 19.3 Å². The number of benzene rings is 1. The van der Waals surface area contributed by atoms with E-state index in [1.54, 1.807) is 12.1 Å². The van der Waals surface area contributed by atoms with Crippen molar-refractivity contribution in [3.8, 4) is 0 Å². The van der Waals surface area contributed by atoms with Crippen LogP contribution >= 0.6 is 0 Å². The average molecular weight is 321 g/mol. The van der Waals surface area contributed by atoms with Crippen molar-refractivity contribution in [1.82, 2.24) is 0 Å². The van der Waals surface area contributed by atoms with Gasteiger partial charge in [-0.05, 0) is 48.8 Å². The van der Waals surface area contributed by atoms with Crippen molar-refractivity contribution in [2.75, 3.05) is 0 Å². The highest BCUT2D eigenvalue weighted by Gasteiger charge is 2.21. The zero-order valence-electron chi connectivity index (χ0n) is 14.1. The van der Waals surface area contributed by atoms with Crippen LogP contribution in [0.2, 0.25) is 0 Å². The molecule has 0 bridgehead atoms. The van der Waals surface area contributed by atoms with Gasteiger partial charge in [-0.1, -0.05) is 52.2 Å². The Labute approximate surface area is 134 Å². The average Bonchev–Trinajstić information content (AvgIpc) is 2.47. The fraction of sp³-hybridized carbons (Fsp3) is 0.611. The second kappa shape index (κ2) is 6.53. The van der Waals surface area contributed by atoms with Gasteiger partial charge in [0.2, 0.25) is 0 Å². The molecule has 1 aliphatic rings. The molecule has 0 aliphatic heterocycles. The van der Waals surface area contributed by atoms with Crippen molar-refractivity contribution in [3.63, 3.8) is 0 Å². The summed E-state index contributed by atoms with van der Waals surface area (Å²) < 4.78 is 29.0. The summed E-state index contributed by atoms with van der Waals surface area (Å²) in [5, 5.41) is 0. The van der Waals surface area contributed by atoms with Gasteiger partial charge in [-0.15, -0.1) is 0 Å². The molecule has 2 rings (SSSR count). The zero-order valence-corrected chi connectivity index (χ0v) is 14.9. The normalized spacial score (nSPS) is 18.5. The molecule has 1 aromatic rings. The van der Waals surface area contributed by atoms with Gasteiger partial charge >= 0.3 is 0 Å². The summed E-state index contributed by atoms with van der Waals surface area (Å²) in [4.78, 5) is 0.288. The number of hydrogen-bond acceptors (Lipinski definition) is 2. The molecule has 1 aliphatic carbocycles. The van der Waals surface area contributed by atoms with Crippen molar-refractivity contribution in [2.45, 2.75) is 70.1 Å². The Morgan fingerprint density at radius 1 is 1.05 bits per heavy atom. The highest BCUT2D eigenvalue weighted by molar-refractivity contribution is 7.90. The van der Waals surface area contributed by atoms with Crippen LogP contribution in [-0.4, -0.2) is 14.1 Å². The lowest BCUT2D eigenvalue weighted by Crippen LogP contribution is -2.16. The van der Waals surface area contributed by atoms with E-state index in [9.17, 15) is 8.42 Å². The van der Waals surface area contributed by atoms with E-state index in [1.807, 2.05) is 19.1 Å². The smallest absolute Gasteiger partial charge is 0.199 e. The van der Waals surface area contributed by atoms with Crippen LogP contribution in [0.15, 0.2) is 33.6 Å². The van der Waals surface area contributed by atoms with E-state index in [2.05, 4.69) is 25.2 Å². The van der Waals surface area contributed by atoms with Gasteiger partial charge in [-0.2, -0.15) is 12.8 Å². The molecule has 0 atom stereocenters. The third-order valence-electron chi connectivity index (χ3n) is 4.48. The summed E-state index contributed by atoms with van der Waals surface area (Å²) in [5.74, 6) is 0.331. The summed E-state index contributed by atoms with van der Waals surface area (Å²) in [6.45, 7) is 8.20. The maximum Gasteiger partial charge on any atom is 0.282 e. The third kappa shape index (κ3) is 4.19. The predicted molar refractivity (Wildman–Crippen MR) is 92.0 cm³/mol. The van der Waals surface area contributed by atoms with Crippen LogP contribution in [0.25, 0.3) is 0 Å². The summed E-state index contributed by atoms with van der Waals surface area (Å²) in [7, 11) is -3.58. The molecule has 3 nitrogen and oxygen atoms in total. The van der Waals surface area contributed by atoms with E-state index in [-0.39, 0.29) is 10.3 Å². The fourth-order valence-electron chi connectivity index (χ4n) is 2.96. The molecule has 0 N–H and O–H groups in total. The van der Waals surface area contributed by atoms with Gasteiger partial charge < -0.3 is 0 Å². The van der Waals surface area contributed by atoms with Crippen molar-refractivity contribution in [2.24, 2.45) is 10.3 Å². The first-order valence-electron chi connectivity index (χ1n) is 8.12. The number of nitrogens with zero attached hydrogens (tertiary/aromatic N) is 1. The van der Waals surface area contributed by atoms with E-state index < -0.39 is 10.0 Å². The summed E-state index contributed by atoms with van der Waals surface area (Å²) in [5.41, 5.74) is 1.91. The molecule has 0 radical (unpaired) electrons. The Morgan fingerprint density at radius 2 is 1.59 bits per heavy atom. The highest BCUT2D eigenvalue weighted by atomic mass is 32.2. The van der Waals surface area contributed by atoms with Crippen LogP contribution in [-0.2, 0) is 15.4 Å². The first-order chi connectivity index (χ1) is 10.2. The van der Waals surface area contributed by atoms with Crippen LogP contribution < -0.4 is 0 Å². The molecular formula is C18H27NO2S. The van der Waals surface area contributed by atoms with E-state index in [0.717, 1.165) is 24.1 Å². The molecule has 0 saturated heterocycles. The van der Waals surface area contributed by atoms with Gasteiger partial charge in [0.15, 0.2) is 0 Å². The lowest BCUT2D eigenvalue weighted by atomic mass is 9.86. The minimum atomic E-state index is -3.58. The predicted octanol–water partition coefficient (Wildman–Crippen LogP) is 4.71. The van der Waals surface area contributed by atoms with Crippen LogP contribution in [0.3, 0.4) is 0 Å². The fourth-order valence-corrected chi connectivity index (χ4v) is 4.08. The Kier molecular flexibility index (Phi) is 5.10. The lowest BCUT2D eigenvalue weighted by Gasteiger charge is -2.21. The molecule has 0 heterocycles. The molecule has 1 fully saturated rings. The maximum atomic E-state index is 12.5. The third-order valence-corrected chi connectivity index (χ3v) is 5.87. The van der Waals surface area contributed by atoms with Crippen molar-refractivity contribution in [3.05, 3.63) is 29.8 Å². The van der Waals surface area contributed by atoms with E-state index in [0.29, 0.717) is 5.92 Å². The largest absolute Gasteiger partial charge is 0.282 e. The van der Waals surface area contributed by atoms with Crippen molar-refractivity contribution >= 4 is 15.7 Å². The second-order valence-corrected chi connectivity index (χ2v) is 8.92. The van der Waals surface area contributed by atoms with E-state index in [4.69, 9.17) is 0 Å². The minimum absolute atomic E-state index is 0.0174. The van der Waals surface area contributed by atoms with Crippen LogP contribution in [0.4, 0.5) is 0 Å². The number of rotatable bonds is 3. The second-order valence-electron chi connectivity index (χ2n) is 7.32. The molecule has 0 unspecified atom stereocenters. The van der Waals surface area contributed by atoms with Gasteiger partial charge in [0.05, 0.1) is 4.90 Å². The van der Waals surface area contributed by atoms with Gasteiger partial charge in [0, 0.05) is 5.71 Å². The summed E-state index contributed by atoms with van der Waals surface area (Å²) in [6, 6.07) is 7.12. The molecular weight excluding hydrogens is 294 g/mol. The number of hydrogen-bond donors (Lipinski definition) is 0. The van der Waals surface area contributed by atoms with Gasteiger partial charge in [0.25, 0.3) is 10.0 Å². The van der Waals surface area contributed by atoms with Gasteiger partial charge in [-0.25, -0.2) is 0 Å². The molecule has 0 spiro atoms. The van der Waals surface area contributed by atoms with Crippen molar-refractivity contribution < 1.29 is 8.42 Å². The quantitative estimate of drug-likeness (QED) is 0.757. The van der Waals surface area contributed by atoms with Crippen molar-refractivity contribution in [1.29, 1.82) is 0 Å². The zero-order chi connectivity index (χ0) is 16.4. The summed E-state index contributed by atoms with van der Waals surface area (Å²) in [6.07, 6.45) is 5.74. The molecule has 0 amide bonds. The van der Waals surface area contributed by atoms with Gasteiger partial charge in [0.1, 0.15) is 0 Å². The molecule has 122 valence electrons. The molecule has 0 aromatic heterocycles.